The molecular weight excluding hydrogens is 240 g/mol. The van der Waals surface area contributed by atoms with E-state index in [1.165, 1.54) is 0 Å². The highest BCUT2D eigenvalue weighted by Crippen LogP contribution is 2.49. The van der Waals surface area contributed by atoms with Gasteiger partial charge in [0.15, 0.2) is 0 Å². The van der Waals surface area contributed by atoms with E-state index in [-0.39, 0.29) is 12.1 Å². The van der Waals surface area contributed by atoms with E-state index in [0.717, 1.165) is 22.3 Å². The molecule has 3 nitrogen and oxygen atoms in total. The average Bonchev–Trinajstić information content (AvgIpc) is 2.75. The van der Waals surface area contributed by atoms with Crippen molar-refractivity contribution in [3.05, 3.63) is 77.3 Å². The summed E-state index contributed by atoms with van der Waals surface area (Å²) >= 11 is 0. The van der Waals surface area contributed by atoms with E-state index in [0.29, 0.717) is 11.3 Å². The second-order valence-electron chi connectivity index (χ2n) is 4.62. The van der Waals surface area contributed by atoms with Crippen molar-refractivity contribution in [2.75, 3.05) is 0 Å². The molecule has 3 aliphatic rings. The predicted molar refractivity (Wildman–Crippen MR) is 69.6 cm³/mol. The van der Waals surface area contributed by atoms with Crippen molar-refractivity contribution in [2.24, 2.45) is 0 Å². The number of fused-ring (bicyclic) bond motifs is 5. The fraction of sp³-hybridized carbons (Fsp3) is 0.0625. The van der Waals surface area contributed by atoms with Crippen LogP contribution in [0.2, 0.25) is 0 Å². The molecule has 0 aromatic heterocycles. The number of carbonyl (C=O) groups is 1. The van der Waals surface area contributed by atoms with Gasteiger partial charge < -0.3 is 9.47 Å². The smallest absolute Gasteiger partial charge is 0.344 e. The van der Waals surface area contributed by atoms with Crippen molar-refractivity contribution < 1.29 is 14.3 Å². The molecule has 1 unspecified atom stereocenters. The van der Waals surface area contributed by atoms with Crippen molar-refractivity contribution in [3.8, 4) is 0 Å². The maximum Gasteiger partial charge on any atom is 0.344 e. The van der Waals surface area contributed by atoms with E-state index in [4.69, 9.17) is 9.47 Å². The van der Waals surface area contributed by atoms with Crippen LogP contribution in [-0.2, 0) is 14.3 Å². The molecule has 1 aliphatic carbocycles. The van der Waals surface area contributed by atoms with Gasteiger partial charge >= 0.3 is 5.97 Å². The van der Waals surface area contributed by atoms with E-state index in [1.807, 2.05) is 30.3 Å². The van der Waals surface area contributed by atoms with Crippen LogP contribution in [0.5, 0.6) is 0 Å². The Labute approximate surface area is 110 Å². The minimum atomic E-state index is -0.343. The zero-order valence-corrected chi connectivity index (χ0v) is 10.1. The number of hydrogen-bond acceptors (Lipinski definition) is 3. The lowest BCUT2D eigenvalue weighted by Gasteiger charge is -2.29. The van der Waals surface area contributed by atoms with Crippen molar-refractivity contribution in [3.63, 3.8) is 0 Å². The van der Waals surface area contributed by atoms with Crippen molar-refractivity contribution in [1.29, 1.82) is 0 Å². The third-order valence-corrected chi connectivity index (χ3v) is 3.60. The fourth-order valence-corrected chi connectivity index (χ4v) is 2.84. The van der Waals surface area contributed by atoms with Crippen LogP contribution < -0.4 is 0 Å². The van der Waals surface area contributed by atoms with Crippen LogP contribution in [0.4, 0.5) is 0 Å². The van der Waals surface area contributed by atoms with E-state index < -0.39 is 0 Å². The molecule has 1 aromatic rings. The summed E-state index contributed by atoms with van der Waals surface area (Å²) < 4.78 is 10.9. The van der Waals surface area contributed by atoms with Gasteiger partial charge in [-0.05, 0) is 11.6 Å². The van der Waals surface area contributed by atoms with Gasteiger partial charge in [-0.1, -0.05) is 36.9 Å². The third kappa shape index (κ3) is 1.24. The van der Waals surface area contributed by atoms with E-state index in [9.17, 15) is 4.79 Å². The fourth-order valence-electron chi connectivity index (χ4n) is 2.84. The number of cyclic esters (lactones) is 1. The molecule has 0 radical (unpaired) electrons. The third-order valence-electron chi connectivity index (χ3n) is 3.60. The first kappa shape index (κ1) is 10.4. The molecule has 2 heterocycles. The molecule has 0 spiro atoms. The highest BCUT2D eigenvalue weighted by Gasteiger charge is 2.41. The molecule has 0 amide bonds. The molecule has 1 aromatic carbocycles. The first-order chi connectivity index (χ1) is 9.27. The normalized spacial score (nSPS) is 23.2. The lowest BCUT2D eigenvalue weighted by molar-refractivity contribution is -0.133. The zero-order valence-electron chi connectivity index (χ0n) is 10.1. The van der Waals surface area contributed by atoms with E-state index in [2.05, 4.69) is 6.58 Å². The minimum Gasteiger partial charge on any atom is -0.489 e. The lowest BCUT2D eigenvalue weighted by atomic mass is 9.80. The Hall–Kier alpha value is -2.55. The molecule has 1 atom stereocenters. The van der Waals surface area contributed by atoms with Gasteiger partial charge in [0, 0.05) is 16.7 Å². The maximum absolute atomic E-state index is 12.0. The summed E-state index contributed by atoms with van der Waals surface area (Å²) in [5.74, 6) is 0.0750. The minimum absolute atomic E-state index is 0.238. The Balaban J connectivity index is 2.09. The summed E-state index contributed by atoms with van der Waals surface area (Å²) in [6, 6.07) is 7.88. The highest BCUT2D eigenvalue weighted by atomic mass is 16.5. The predicted octanol–water partition coefficient (Wildman–Crippen LogP) is 3.04. The molecule has 19 heavy (non-hydrogen) atoms. The SMILES string of the molecule is C=C1OC(=O)C2=C1c1ccccc1C1OC=CC=C21. The standard InChI is InChI=1S/C16H10O3/c1-9-13-10-5-2-3-6-11(10)15-12(7-4-8-18-15)14(13)16(17)19-9/h2-8,15H,1H2. The highest BCUT2D eigenvalue weighted by molar-refractivity contribution is 6.12. The van der Waals surface area contributed by atoms with Gasteiger partial charge in [0.25, 0.3) is 0 Å². The number of ether oxygens (including phenoxy) is 2. The first-order valence-corrected chi connectivity index (χ1v) is 6.05. The van der Waals surface area contributed by atoms with Crippen LogP contribution in [0, 0.1) is 0 Å². The first-order valence-electron chi connectivity index (χ1n) is 6.05. The molecule has 2 aliphatic heterocycles. The Morgan fingerprint density at radius 3 is 2.89 bits per heavy atom. The summed E-state index contributed by atoms with van der Waals surface area (Å²) in [5, 5.41) is 0. The van der Waals surface area contributed by atoms with Crippen LogP contribution in [0.25, 0.3) is 5.57 Å². The van der Waals surface area contributed by atoms with Crippen molar-refractivity contribution in [1.82, 2.24) is 0 Å². The van der Waals surface area contributed by atoms with Crippen LogP contribution in [0.3, 0.4) is 0 Å². The Kier molecular flexibility index (Phi) is 1.90. The number of rotatable bonds is 0. The van der Waals surface area contributed by atoms with Crippen molar-refractivity contribution in [2.45, 2.75) is 6.10 Å². The molecule has 3 heteroatoms. The average molecular weight is 250 g/mol. The van der Waals surface area contributed by atoms with Crippen molar-refractivity contribution >= 4 is 11.5 Å². The number of esters is 1. The van der Waals surface area contributed by atoms with Crippen LogP contribution in [-0.4, -0.2) is 5.97 Å². The van der Waals surface area contributed by atoms with E-state index in [1.54, 1.807) is 12.3 Å². The zero-order chi connectivity index (χ0) is 13.0. The summed E-state index contributed by atoms with van der Waals surface area (Å²) in [5.41, 5.74) is 4.22. The van der Waals surface area contributed by atoms with Gasteiger partial charge in [0.2, 0.25) is 0 Å². The van der Waals surface area contributed by atoms with Gasteiger partial charge in [-0.2, -0.15) is 0 Å². The molecular formula is C16H10O3. The largest absolute Gasteiger partial charge is 0.489 e. The Morgan fingerprint density at radius 2 is 2.00 bits per heavy atom. The van der Waals surface area contributed by atoms with E-state index >= 15 is 0 Å². The van der Waals surface area contributed by atoms with Crippen LogP contribution in [0.1, 0.15) is 17.2 Å². The van der Waals surface area contributed by atoms with Gasteiger partial charge in [-0.3, -0.25) is 0 Å². The Morgan fingerprint density at radius 1 is 1.16 bits per heavy atom. The molecule has 0 saturated heterocycles. The van der Waals surface area contributed by atoms with Gasteiger partial charge in [-0.15, -0.1) is 0 Å². The number of carbonyl (C=O) groups excluding carboxylic acids is 1. The molecule has 0 bridgehead atoms. The second kappa shape index (κ2) is 3.48. The second-order valence-corrected chi connectivity index (χ2v) is 4.62. The summed E-state index contributed by atoms with van der Waals surface area (Å²) in [6.45, 7) is 3.84. The lowest BCUT2D eigenvalue weighted by Crippen LogP contribution is -2.18. The number of allylic oxidation sites excluding steroid dienone is 3. The monoisotopic (exact) mass is 250 g/mol. The molecule has 92 valence electrons. The van der Waals surface area contributed by atoms with Crippen LogP contribution >= 0.6 is 0 Å². The molecule has 0 saturated carbocycles. The summed E-state index contributed by atoms with van der Waals surface area (Å²) in [7, 11) is 0. The quantitative estimate of drug-likeness (QED) is 0.664. The van der Waals surface area contributed by atoms with Crippen LogP contribution in [0.15, 0.2) is 66.2 Å². The van der Waals surface area contributed by atoms with Gasteiger partial charge in [0.05, 0.1) is 11.8 Å². The molecule has 4 rings (SSSR count). The maximum atomic E-state index is 12.0. The number of hydrogen-bond donors (Lipinski definition) is 0. The Bertz CT molecular complexity index is 719. The van der Waals surface area contributed by atoms with Gasteiger partial charge in [-0.25, -0.2) is 4.79 Å². The molecule has 0 N–H and O–H groups in total. The van der Waals surface area contributed by atoms with Gasteiger partial charge in [0.1, 0.15) is 11.9 Å². The molecule has 0 fully saturated rings. The topological polar surface area (TPSA) is 35.5 Å². The summed E-state index contributed by atoms with van der Waals surface area (Å²) in [6.07, 6.45) is 5.10. The summed E-state index contributed by atoms with van der Waals surface area (Å²) in [4.78, 5) is 12.0. The number of benzene rings is 1.